The van der Waals surface area contributed by atoms with Gasteiger partial charge in [0.2, 0.25) is 0 Å². The van der Waals surface area contributed by atoms with E-state index in [-0.39, 0.29) is 23.1 Å². The van der Waals surface area contributed by atoms with Crippen molar-refractivity contribution in [2.45, 2.75) is 48.6 Å². The maximum atomic E-state index is 15.0. The monoisotopic (exact) mass is 563 g/mol. The van der Waals surface area contributed by atoms with Crippen molar-refractivity contribution in [2.75, 3.05) is 25.6 Å². The van der Waals surface area contributed by atoms with Gasteiger partial charge in [0.1, 0.15) is 23.0 Å². The second-order valence-electron chi connectivity index (χ2n) is 9.90. The van der Waals surface area contributed by atoms with E-state index < -0.39 is 17.0 Å². The first-order valence-electron chi connectivity index (χ1n) is 13.4. The molecule has 0 saturated carbocycles. The molecule has 40 heavy (non-hydrogen) atoms. The van der Waals surface area contributed by atoms with Crippen LogP contribution >= 0.6 is 0 Å². The standard InChI is InChI=1S/C29H30FN5O4S/c30-23-14-18(16-32-27-2-1-11-38-27)3-8-22(23)24-15-26(39-35-24)28-29(31)33-17-25(34-28)19-4-6-20(7-5-19)40(36)21-9-12-37-13-10-21/h3-8,14-15,17,21,27,32H,1-2,9-13,16H2,(H2,31,33). The number of aromatic nitrogens is 3. The van der Waals surface area contributed by atoms with E-state index in [1.54, 1.807) is 18.3 Å². The number of halogens is 1. The molecule has 3 N–H and O–H groups in total. The first kappa shape index (κ1) is 26.9. The Labute approximate surface area is 234 Å². The van der Waals surface area contributed by atoms with E-state index in [0.717, 1.165) is 48.3 Å². The molecule has 2 fully saturated rings. The Kier molecular flexibility index (Phi) is 8.08. The van der Waals surface area contributed by atoms with Gasteiger partial charge in [-0.05, 0) is 66.0 Å². The summed E-state index contributed by atoms with van der Waals surface area (Å²) in [6, 6.07) is 14.1. The smallest absolute Gasteiger partial charge is 0.189 e. The summed E-state index contributed by atoms with van der Waals surface area (Å²) in [6.45, 7) is 2.56. The molecule has 2 saturated heterocycles. The maximum Gasteiger partial charge on any atom is 0.189 e. The van der Waals surface area contributed by atoms with Gasteiger partial charge in [-0.3, -0.25) is 5.32 Å². The summed E-state index contributed by atoms with van der Waals surface area (Å²) >= 11 is -1.09. The molecule has 4 heterocycles. The van der Waals surface area contributed by atoms with Crippen molar-refractivity contribution in [3.05, 3.63) is 66.1 Å². The van der Waals surface area contributed by atoms with Crippen molar-refractivity contribution in [3.63, 3.8) is 0 Å². The lowest BCUT2D eigenvalue weighted by molar-refractivity contribution is 0.0827. The number of benzene rings is 2. The minimum Gasteiger partial charge on any atom is -0.611 e. The van der Waals surface area contributed by atoms with Crippen molar-refractivity contribution in [2.24, 2.45) is 0 Å². The number of rotatable bonds is 8. The second kappa shape index (κ2) is 12.0. The Morgan fingerprint density at radius 1 is 1.02 bits per heavy atom. The molecule has 0 spiro atoms. The van der Waals surface area contributed by atoms with Crippen molar-refractivity contribution in [1.82, 2.24) is 20.4 Å². The number of nitrogens with one attached hydrogen (secondary N) is 1. The van der Waals surface area contributed by atoms with Crippen LogP contribution in [0.4, 0.5) is 10.2 Å². The fourth-order valence-corrected chi connectivity index (χ4v) is 6.33. The predicted octanol–water partition coefficient (Wildman–Crippen LogP) is 4.70. The molecule has 0 bridgehead atoms. The van der Waals surface area contributed by atoms with Gasteiger partial charge in [0, 0.05) is 43.2 Å². The maximum absolute atomic E-state index is 15.0. The third-order valence-corrected chi connectivity index (χ3v) is 8.98. The third-order valence-electron chi connectivity index (χ3n) is 7.17. The number of hydrogen-bond acceptors (Lipinski definition) is 9. The van der Waals surface area contributed by atoms with Crippen LogP contribution in [0.3, 0.4) is 0 Å². The highest BCUT2D eigenvalue weighted by Gasteiger charge is 2.27. The first-order chi connectivity index (χ1) is 19.5. The topological polar surface area (TPSA) is 131 Å². The van der Waals surface area contributed by atoms with E-state index in [1.165, 1.54) is 6.07 Å². The number of nitrogens with two attached hydrogens (primary N) is 1. The molecule has 2 atom stereocenters. The molecule has 208 valence electrons. The zero-order chi connectivity index (χ0) is 27.5. The molecule has 2 unspecified atom stereocenters. The van der Waals surface area contributed by atoms with Crippen LogP contribution in [0.25, 0.3) is 34.0 Å². The molecule has 6 rings (SSSR count). The zero-order valence-electron chi connectivity index (χ0n) is 21.8. The Balaban J connectivity index is 1.18. The molecular weight excluding hydrogens is 533 g/mol. The molecule has 4 aromatic rings. The lowest BCUT2D eigenvalue weighted by Gasteiger charge is -2.24. The molecule has 11 heteroatoms. The molecule has 0 aliphatic carbocycles. The van der Waals surface area contributed by atoms with Crippen molar-refractivity contribution >= 4 is 17.0 Å². The van der Waals surface area contributed by atoms with Gasteiger partial charge in [-0.15, -0.1) is 0 Å². The first-order valence-corrected chi connectivity index (χ1v) is 14.6. The van der Waals surface area contributed by atoms with Crippen molar-refractivity contribution < 1.29 is 22.9 Å². The Morgan fingerprint density at radius 2 is 1.85 bits per heavy atom. The van der Waals surface area contributed by atoms with Gasteiger partial charge in [-0.2, -0.15) is 0 Å². The second-order valence-corrected chi connectivity index (χ2v) is 11.6. The predicted molar refractivity (Wildman–Crippen MR) is 149 cm³/mol. The summed E-state index contributed by atoms with van der Waals surface area (Å²) < 4.78 is 44.4. The van der Waals surface area contributed by atoms with E-state index in [2.05, 4.69) is 20.4 Å². The van der Waals surface area contributed by atoms with E-state index in [0.29, 0.717) is 42.4 Å². The van der Waals surface area contributed by atoms with Crippen LogP contribution in [0, 0.1) is 5.82 Å². The van der Waals surface area contributed by atoms with Gasteiger partial charge in [0.25, 0.3) is 0 Å². The van der Waals surface area contributed by atoms with Crippen LogP contribution in [0.2, 0.25) is 0 Å². The summed E-state index contributed by atoms with van der Waals surface area (Å²) in [4.78, 5) is 9.72. The van der Waals surface area contributed by atoms with Crippen LogP contribution in [0.5, 0.6) is 0 Å². The number of nitrogens with zero attached hydrogens (tertiary/aromatic N) is 3. The molecule has 0 amide bonds. The molecule has 2 aliphatic rings. The van der Waals surface area contributed by atoms with Gasteiger partial charge >= 0.3 is 0 Å². The van der Waals surface area contributed by atoms with Crippen LogP contribution in [-0.2, 0) is 27.2 Å². The highest BCUT2D eigenvalue weighted by atomic mass is 32.2. The highest BCUT2D eigenvalue weighted by Crippen LogP contribution is 2.32. The SMILES string of the molecule is Nc1ncc(-c2ccc([S+]([O-])C3CCOCC3)cc2)nc1-c1cc(-c2ccc(CNC3CCCO3)cc2F)no1. The van der Waals surface area contributed by atoms with Gasteiger partial charge in [-0.1, -0.05) is 11.2 Å². The van der Waals surface area contributed by atoms with Crippen LogP contribution < -0.4 is 11.1 Å². The number of anilines is 1. The Morgan fingerprint density at radius 3 is 2.60 bits per heavy atom. The van der Waals surface area contributed by atoms with Crippen LogP contribution in [0.1, 0.15) is 31.2 Å². The van der Waals surface area contributed by atoms with Crippen molar-refractivity contribution in [3.8, 4) is 34.0 Å². The lowest BCUT2D eigenvalue weighted by atomic mass is 10.1. The summed E-state index contributed by atoms with van der Waals surface area (Å²) in [5.74, 6) is 0.0415. The van der Waals surface area contributed by atoms with E-state index >= 15 is 0 Å². The van der Waals surface area contributed by atoms with E-state index in [1.807, 2.05) is 30.3 Å². The van der Waals surface area contributed by atoms with Gasteiger partial charge < -0.3 is 24.3 Å². The highest BCUT2D eigenvalue weighted by molar-refractivity contribution is 7.92. The Bertz CT molecular complexity index is 1460. The Hall–Kier alpha value is -3.35. The summed E-state index contributed by atoms with van der Waals surface area (Å²) in [6.07, 6.45) is 5.16. The van der Waals surface area contributed by atoms with Crippen LogP contribution in [-0.4, -0.2) is 51.0 Å². The number of hydrogen-bond donors (Lipinski definition) is 2. The summed E-state index contributed by atoms with van der Waals surface area (Å²) in [7, 11) is 0. The minimum absolute atomic E-state index is 0.0159. The molecule has 2 aliphatic heterocycles. The number of ether oxygens (including phenoxy) is 2. The van der Waals surface area contributed by atoms with Crippen LogP contribution in [0.15, 0.2) is 64.1 Å². The number of nitrogen functional groups attached to an aromatic ring is 1. The molecule has 0 radical (unpaired) electrons. The summed E-state index contributed by atoms with van der Waals surface area (Å²) in [5, 5.41) is 7.46. The molecule has 2 aromatic heterocycles. The fraction of sp³-hybridized carbons (Fsp3) is 0.345. The fourth-order valence-electron chi connectivity index (χ4n) is 4.92. The molecule has 9 nitrogen and oxygen atoms in total. The lowest BCUT2D eigenvalue weighted by Crippen LogP contribution is -2.28. The third kappa shape index (κ3) is 5.89. The average molecular weight is 564 g/mol. The van der Waals surface area contributed by atoms with Crippen molar-refractivity contribution in [1.29, 1.82) is 0 Å². The molecule has 2 aromatic carbocycles. The largest absolute Gasteiger partial charge is 0.611 e. The van der Waals surface area contributed by atoms with E-state index in [4.69, 9.17) is 19.7 Å². The summed E-state index contributed by atoms with van der Waals surface area (Å²) in [5.41, 5.74) is 9.25. The van der Waals surface area contributed by atoms with Gasteiger partial charge in [0.15, 0.2) is 22.2 Å². The van der Waals surface area contributed by atoms with E-state index in [9.17, 15) is 8.94 Å². The average Bonchev–Trinajstić information content (AvgIpc) is 3.70. The van der Waals surface area contributed by atoms with Gasteiger partial charge in [0.05, 0.1) is 25.1 Å². The molecular formula is C29H30FN5O4S. The minimum atomic E-state index is -1.09. The van der Waals surface area contributed by atoms with Gasteiger partial charge in [-0.25, -0.2) is 14.4 Å². The quantitative estimate of drug-likeness (QED) is 0.293. The normalized spacial score (nSPS) is 18.7. The zero-order valence-corrected chi connectivity index (χ0v) is 22.7.